The molecule has 0 aliphatic carbocycles. The number of rotatable bonds is 9. The van der Waals surface area contributed by atoms with Crippen molar-refractivity contribution in [3.63, 3.8) is 0 Å². The van der Waals surface area contributed by atoms with Crippen LogP contribution in [-0.4, -0.2) is 54.5 Å². The quantitative estimate of drug-likeness (QED) is 0.345. The summed E-state index contributed by atoms with van der Waals surface area (Å²) in [7, 11) is 1.96. The van der Waals surface area contributed by atoms with Crippen LogP contribution in [0.25, 0.3) is 10.9 Å². The second kappa shape index (κ2) is 11.6. The Morgan fingerprint density at radius 3 is 2.56 bits per heavy atom. The first-order chi connectivity index (χ1) is 17.5. The van der Waals surface area contributed by atoms with E-state index in [-0.39, 0.29) is 24.2 Å². The zero-order chi connectivity index (χ0) is 25.7. The molecule has 1 aliphatic rings. The number of carbonyl (C=O) groups is 3. The van der Waals surface area contributed by atoms with E-state index < -0.39 is 12.0 Å². The van der Waals surface area contributed by atoms with Gasteiger partial charge in [-0.25, -0.2) is 4.79 Å². The lowest BCUT2D eigenvalue weighted by Gasteiger charge is -2.30. The number of ether oxygens (including phenoxy) is 2. The number of nitrogens with zero attached hydrogens (tertiary/aromatic N) is 2. The third kappa shape index (κ3) is 5.12. The fourth-order valence-corrected chi connectivity index (χ4v) is 5.52. The summed E-state index contributed by atoms with van der Waals surface area (Å²) in [5, 5.41) is 4.84. The maximum atomic E-state index is 13.8. The van der Waals surface area contributed by atoms with E-state index in [9.17, 15) is 14.4 Å². The van der Waals surface area contributed by atoms with Crippen LogP contribution >= 0.6 is 11.8 Å². The van der Waals surface area contributed by atoms with Crippen LogP contribution in [-0.2, 0) is 26.1 Å². The monoisotopic (exact) mass is 509 g/mol. The number of carbonyl (C=O) groups excluding carboxylic acids is 3. The molecule has 4 rings (SSSR count). The first-order valence-electron chi connectivity index (χ1n) is 12.1. The Morgan fingerprint density at radius 1 is 1.08 bits per heavy atom. The van der Waals surface area contributed by atoms with E-state index in [1.54, 1.807) is 36.1 Å². The lowest BCUT2D eigenvalue weighted by molar-refractivity contribution is -0.125. The third-order valence-electron chi connectivity index (χ3n) is 6.10. The van der Waals surface area contributed by atoms with Crippen molar-refractivity contribution in [1.82, 2.24) is 9.88 Å². The van der Waals surface area contributed by atoms with Gasteiger partial charge in [-0.15, -0.1) is 0 Å². The number of nitrogens with one attached hydrogen (secondary N) is 1. The normalized spacial score (nSPS) is 15.5. The molecule has 0 fully saturated rings. The van der Waals surface area contributed by atoms with E-state index >= 15 is 0 Å². The molecule has 2 heterocycles. The molecule has 8 nitrogen and oxygen atoms in total. The van der Waals surface area contributed by atoms with E-state index in [2.05, 4.69) is 5.32 Å². The zero-order valence-corrected chi connectivity index (χ0v) is 21.6. The van der Waals surface area contributed by atoms with E-state index in [0.29, 0.717) is 37.4 Å². The average Bonchev–Trinajstić information content (AvgIpc) is 3.06. The van der Waals surface area contributed by atoms with Crippen molar-refractivity contribution in [2.45, 2.75) is 31.3 Å². The molecule has 0 saturated carbocycles. The van der Waals surface area contributed by atoms with Crippen molar-refractivity contribution in [2.24, 2.45) is 7.05 Å². The van der Waals surface area contributed by atoms with Gasteiger partial charge in [-0.05, 0) is 50.6 Å². The maximum Gasteiger partial charge on any atom is 0.338 e. The molecule has 0 bridgehead atoms. The predicted molar refractivity (Wildman–Crippen MR) is 140 cm³/mol. The van der Waals surface area contributed by atoms with Crippen LogP contribution in [0.5, 0.6) is 0 Å². The molecule has 0 unspecified atom stereocenters. The largest absolute Gasteiger partial charge is 0.462 e. The van der Waals surface area contributed by atoms with Gasteiger partial charge in [0.2, 0.25) is 11.8 Å². The zero-order valence-electron chi connectivity index (χ0n) is 20.8. The van der Waals surface area contributed by atoms with Crippen molar-refractivity contribution in [3.8, 4) is 0 Å². The van der Waals surface area contributed by atoms with Gasteiger partial charge >= 0.3 is 5.97 Å². The summed E-state index contributed by atoms with van der Waals surface area (Å²) >= 11 is 1.44. The summed E-state index contributed by atoms with van der Waals surface area (Å²) in [6.07, 6.45) is 0.672. The molecule has 0 spiro atoms. The average molecular weight is 510 g/mol. The standard InChI is InChI=1S/C27H31N3O5S/c1-4-34-16-8-15-28-25(32)24-23-20-9-6-7-10-21(20)29(3)26(23)36-17-22(31)30(24)19-13-11-18(12-14-19)27(33)35-5-2/h6-7,9-14,24H,4-5,8,15-17H2,1-3H3,(H,28,32)/t24-/m1/s1. The van der Waals surface area contributed by atoms with Gasteiger partial charge < -0.3 is 19.4 Å². The number of hydrogen-bond donors (Lipinski definition) is 1. The topological polar surface area (TPSA) is 89.9 Å². The lowest BCUT2D eigenvalue weighted by Crippen LogP contribution is -2.44. The summed E-state index contributed by atoms with van der Waals surface area (Å²) in [6, 6.07) is 13.7. The van der Waals surface area contributed by atoms with Crippen molar-refractivity contribution in [1.29, 1.82) is 0 Å². The van der Waals surface area contributed by atoms with Crippen molar-refractivity contribution in [2.75, 3.05) is 37.0 Å². The summed E-state index contributed by atoms with van der Waals surface area (Å²) in [6.45, 7) is 5.57. The molecule has 2 aromatic carbocycles. The minimum absolute atomic E-state index is 0.182. The van der Waals surface area contributed by atoms with Crippen LogP contribution in [0.1, 0.15) is 42.2 Å². The molecule has 36 heavy (non-hydrogen) atoms. The Bertz CT molecular complexity index is 1250. The molecule has 0 saturated heterocycles. The van der Waals surface area contributed by atoms with Gasteiger partial charge in [-0.1, -0.05) is 30.0 Å². The number of fused-ring (bicyclic) bond motifs is 3. The van der Waals surface area contributed by atoms with Crippen LogP contribution in [0.4, 0.5) is 5.69 Å². The summed E-state index contributed by atoms with van der Waals surface area (Å²) in [5.41, 5.74) is 2.74. The molecular formula is C27H31N3O5S. The Morgan fingerprint density at radius 2 is 1.83 bits per heavy atom. The molecule has 1 aromatic heterocycles. The lowest BCUT2D eigenvalue weighted by atomic mass is 10.0. The number of amides is 2. The summed E-state index contributed by atoms with van der Waals surface area (Å²) < 4.78 is 12.5. The summed E-state index contributed by atoms with van der Waals surface area (Å²) in [4.78, 5) is 40.9. The van der Waals surface area contributed by atoms with E-state index in [0.717, 1.165) is 21.5 Å². The number of aromatic nitrogens is 1. The highest BCUT2D eigenvalue weighted by Crippen LogP contribution is 2.43. The van der Waals surface area contributed by atoms with Crippen molar-refractivity contribution in [3.05, 3.63) is 59.7 Å². The fourth-order valence-electron chi connectivity index (χ4n) is 4.45. The van der Waals surface area contributed by atoms with E-state index in [4.69, 9.17) is 9.47 Å². The van der Waals surface area contributed by atoms with E-state index in [1.807, 2.05) is 42.8 Å². The van der Waals surface area contributed by atoms with Crippen LogP contribution < -0.4 is 10.2 Å². The molecule has 2 amide bonds. The summed E-state index contributed by atoms with van der Waals surface area (Å²) in [5.74, 6) is -0.681. The van der Waals surface area contributed by atoms with Gasteiger partial charge in [0, 0.05) is 49.0 Å². The Hall–Kier alpha value is -3.30. The smallest absolute Gasteiger partial charge is 0.338 e. The second-order valence-electron chi connectivity index (χ2n) is 8.36. The van der Waals surface area contributed by atoms with Crippen molar-refractivity contribution < 1.29 is 23.9 Å². The number of esters is 1. The molecule has 1 N–H and O–H groups in total. The van der Waals surface area contributed by atoms with Gasteiger partial charge in [0.25, 0.3) is 0 Å². The fraction of sp³-hybridized carbons (Fsp3) is 0.370. The van der Waals surface area contributed by atoms with Gasteiger partial charge in [-0.2, -0.15) is 0 Å². The molecular weight excluding hydrogens is 478 g/mol. The number of thioether (sulfide) groups is 1. The number of hydrogen-bond acceptors (Lipinski definition) is 6. The van der Waals surface area contributed by atoms with Crippen LogP contribution in [0.15, 0.2) is 53.6 Å². The molecule has 3 aromatic rings. The highest BCUT2D eigenvalue weighted by Gasteiger charge is 2.39. The minimum atomic E-state index is -0.867. The first kappa shape index (κ1) is 25.8. The van der Waals surface area contributed by atoms with Crippen LogP contribution in [0.2, 0.25) is 0 Å². The van der Waals surface area contributed by atoms with Crippen LogP contribution in [0.3, 0.4) is 0 Å². The second-order valence-corrected chi connectivity index (χ2v) is 9.32. The Labute approximate surface area is 214 Å². The highest BCUT2D eigenvalue weighted by atomic mass is 32.2. The van der Waals surface area contributed by atoms with Gasteiger partial charge in [0.1, 0.15) is 6.04 Å². The van der Waals surface area contributed by atoms with Crippen LogP contribution in [0, 0.1) is 0 Å². The minimum Gasteiger partial charge on any atom is -0.462 e. The van der Waals surface area contributed by atoms with Crippen molar-refractivity contribution >= 4 is 46.1 Å². The third-order valence-corrected chi connectivity index (χ3v) is 7.26. The Balaban J connectivity index is 1.77. The predicted octanol–water partition coefficient (Wildman–Crippen LogP) is 4.08. The van der Waals surface area contributed by atoms with E-state index in [1.165, 1.54) is 11.8 Å². The number of anilines is 1. The number of aryl methyl sites for hydroxylation is 1. The first-order valence-corrected chi connectivity index (χ1v) is 13.1. The Kier molecular flexibility index (Phi) is 8.32. The molecule has 1 aliphatic heterocycles. The van der Waals surface area contributed by atoms with Gasteiger partial charge in [-0.3, -0.25) is 14.5 Å². The SMILES string of the molecule is CCOCCCNC(=O)[C@H]1c2c(n(C)c3ccccc23)SCC(=O)N1c1ccc(C(=O)OCC)cc1. The number of para-hydroxylation sites is 1. The van der Waals surface area contributed by atoms with Gasteiger partial charge in [0.15, 0.2) is 0 Å². The number of benzene rings is 2. The van der Waals surface area contributed by atoms with Gasteiger partial charge in [0.05, 0.1) is 22.9 Å². The molecule has 190 valence electrons. The maximum absolute atomic E-state index is 13.8. The molecule has 0 radical (unpaired) electrons. The highest BCUT2D eigenvalue weighted by molar-refractivity contribution is 8.00. The molecule has 9 heteroatoms. The molecule has 1 atom stereocenters.